The molecule has 0 unspecified atom stereocenters. The summed E-state index contributed by atoms with van der Waals surface area (Å²) in [6, 6.07) is 1.53. The van der Waals surface area contributed by atoms with Gasteiger partial charge >= 0.3 is 0 Å². The van der Waals surface area contributed by atoms with E-state index in [2.05, 4.69) is 15.9 Å². The van der Waals surface area contributed by atoms with Crippen molar-refractivity contribution in [2.24, 2.45) is 5.73 Å². The molecular formula is C7H10BrClF2N2O2S2. The van der Waals surface area contributed by atoms with Crippen LogP contribution in [0.25, 0.3) is 0 Å². The summed E-state index contributed by atoms with van der Waals surface area (Å²) in [6.07, 6.45) is 0. The Morgan fingerprint density at radius 2 is 2.12 bits per heavy atom. The molecule has 100 valence electrons. The summed E-state index contributed by atoms with van der Waals surface area (Å²) in [6.45, 7) is -1.91. The van der Waals surface area contributed by atoms with E-state index in [0.717, 1.165) is 11.3 Å². The number of thiophene rings is 1. The summed E-state index contributed by atoms with van der Waals surface area (Å²) in [4.78, 5) is 0. The van der Waals surface area contributed by atoms with Gasteiger partial charge in [0.05, 0.1) is 13.1 Å². The van der Waals surface area contributed by atoms with Crippen LogP contribution in [0, 0.1) is 0 Å². The molecule has 0 spiro atoms. The first kappa shape index (κ1) is 17.2. The molecule has 17 heavy (non-hydrogen) atoms. The highest BCUT2D eigenvalue weighted by Gasteiger charge is 2.30. The van der Waals surface area contributed by atoms with Crippen molar-refractivity contribution in [3.05, 3.63) is 15.9 Å². The molecule has 0 aliphatic rings. The maximum atomic E-state index is 12.8. The lowest BCUT2D eigenvalue weighted by Crippen LogP contribution is -2.41. The molecule has 0 atom stereocenters. The van der Waals surface area contributed by atoms with Gasteiger partial charge in [-0.3, -0.25) is 0 Å². The zero-order valence-electron chi connectivity index (χ0n) is 8.32. The van der Waals surface area contributed by atoms with E-state index in [1.54, 1.807) is 5.38 Å². The highest BCUT2D eigenvalue weighted by molar-refractivity contribution is 9.10. The van der Waals surface area contributed by atoms with E-state index in [4.69, 9.17) is 5.73 Å². The summed E-state index contributed by atoms with van der Waals surface area (Å²) in [5.41, 5.74) is 4.79. The van der Waals surface area contributed by atoms with Crippen LogP contribution in [-0.4, -0.2) is 27.4 Å². The van der Waals surface area contributed by atoms with Crippen LogP contribution in [0.2, 0.25) is 0 Å². The molecule has 1 heterocycles. The second-order valence-corrected chi connectivity index (χ2v) is 6.67. The number of nitrogens with two attached hydrogens (primary N) is 1. The molecule has 1 aromatic rings. The monoisotopic (exact) mass is 370 g/mol. The largest absolute Gasteiger partial charge is 0.325 e. The molecule has 0 aromatic carbocycles. The molecule has 0 aliphatic heterocycles. The maximum Gasteiger partial charge on any atom is 0.273 e. The van der Waals surface area contributed by atoms with E-state index in [1.165, 1.54) is 6.07 Å². The number of alkyl halides is 2. The molecule has 4 nitrogen and oxygen atoms in total. The van der Waals surface area contributed by atoms with E-state index in [9.17, 15) is 17.2 Å². The fourth-order valence-electron chi connectivity index (χ4n) is 0.810. The van der Waals surface area contributed by atoms with Gasteiger partial charge in [-0.2, -0.15) is 0 Å². The minimum Gasteiger partial charge on any atom is -0.325 e. The van der Waals surface area contributed by atoms with Crippen LogP contribution < -0.4 is 10.5 Å². The predicted octanol–water partition coefficient (Wildman–Crippen LogP) is 1.80. The van der Waals surface area contributed by atoms with E-state index in [0.29, 0.717) is 4.47 Å². The topological polar surface area (TPSA) is 72.2 Å². The standard InChI is InChI=1S/C7H9BrF2N2O2S2.ClH/c8-5-1-2-15-6(5)16(13,14)12-4-7(9,10)3-11;/h1-2,12H,3-4,11H2;1H. The highest BCUT2D eigenvalue weighted by atomic mass is 79.9. The van der Waals surface area contributed by atoms with E-state index >= 15 is 0 Å². The molecule has 0 amide bonds. The van der Waals surface area contributed by atoms with Crippen molar-refractivity contribution < 1.29 is 17.2 Å². The zero-order chi connectivity index (χ0) is 12.4. The van der Waals surface area contributed by atoms with Gasteiger partial charge in [-0.1, -0.05) is 0 Å². The first-order valence-corrected chi connectivity index (χ1v) is 7.25. The Morgan fingerprint density at radius 3 is 2.53 bits per heavy atom. The lowest BCUT2D eigenvalue weighted by Gasteiger charge is -2.14. The SMILES string of the molecule is Cl.NCC(F)(F)CNS(=O)(=O)c1sccc1Br. The minimum atomic E-state index is -3.90. The molecule has 0 saturated carbocycles. The third-order valence-corrected chi connectivity index (χ3v) is 5.72. The van der Waals surface area contributed by atoms with Crippen LogP contribution in [0.5, 0.6) is 0 Å². The summed E-state index contributed by atoms with van der Waals surface area (Å²) in [5, 5.41) is 1.54. The second-order valence-electron chi connectivity index (χ2n) is 2.94. The quantitative estimate of drug-likeness (QED) is 0.829. The summed E-state index contributed by atoms with van der Waals surface area (Å²) < 4.78 is 50.8. The van der Waals surface area contributed by atoms with E-state index in [-0.39, 0.29) is 16.6 Å². The molecule has 0 radical (unpaired) electrons. The number of rotatable bonds is 5. The Kier molecular flexibility index (Phi) is 6.47. The number of hydrogen-bond donors (Lipinski definition) is 2. The van der Waals surface area contributed by atoms with E-state index in [1.807, 2.05) is 4.72 Å². The molecule has 1 rings (SSSR count). The van der Waals surface area contributed by atoms with Crippen molar-refractivity contribution in [2.75, 3.05) is 13.1 Å². The predicted molar refractivity (Wildman–Crippen MR) is 68.5 cm³/mol. The second kappa shape index (κ2) is 6.39. The minimum absolute atomic E-state index is 0. The fourth-order valence-corrected chi connectivity index (χ4v) is 4.25. The van der Waals surface area contributed by atoms with Gasteiger partial charge in [-0.05, 0) is 27.4 Å². The van der Waals surface area contributed by atoms with Gasteiger partial charge in [-0.15, -0.1) is 23.7 Å². The van der Waals surface area contributed by atoms with Crippen LogP contribution in [0.3, 0.4) is 0 Å². The van der Waals surface area contributed by atoms with Crippen LogP contribution in [0.4, 0.5) is 8.78 Å². The molecule has 3 N–H and O–H groups in total. The zero-order valence-corrected chi connectivity index (χ0v) is 12.4. The van der Waals surface area contributed by atoms with Crippen LogP contribution >= 0.6 is 39.7 Å². The Balaban J connectivity index is 0.00000256. The normalized spacial score (nSPS) is 12.2. The Hall–Kier alpha value is 0.200. The first-order valence-electron chi connectivity index (χ1n) is 4.09. The van der Waals surface area contributed by atoms with Gasteiger partial charge < -0.3 is 5.73 Å². The van der Waals surface area contributed by atoms with Gasteiger partial charge in [-0.25, -0.2) is 21.9 Å². The Morgan fingerprint density at radius 1 is 1.53 bits per heavy atom. The lowest BCUT2D eigenvalue weighted by atomic mass is 10.3. The average molecular weight is 372 g/mol. The summed E-state index contributed by atoms with van der Waals surface area (Å²) >= 11 is 3.96. The van der Waals surface area contributed by atoms with Gasteiger partial charge in [0, 0.05) is 4.47 Å². The summed E-state index contributed by atoms with van der Waals surface area (Å²) in [7, 11) is -3.90. The fraction of sp³-hybridized carbons (Fsp3) is 0.429. The molecule has 0 saturated heterocycles. The molecule has 0 bridgehead atoms. The Bertz CT molecular complexity index is 466. The number of hydrogen-bond acceptors (Lipinski definition) is 4. The molecule has 0 aliphatic carbocycles. The van der Waals surface area contributed by atoms with Crippen LogP contribution in [-0.2, 0) is 10.0 Å². The smallest absolute Gasteiger partial charge is 0.273 e. The van der Waals surface area contributed by atoms with Gasteiger partial charge in [0.2, 0.25) is 0 Å². The molecule has 10 heteroatoms. The Labute approximate surface area is 116 Å². The highest BCUT2D eigenvalue weighted by Crippen LogP contribution is 2.27. The van der Waals surface area contributed by atoms with Crippen molar-refractivity contribution in [3.63, 3.8) is 0 Å². The lowest BCUT2D eigenvalue weighted by molar-refractivity contribution is 0.0170. The van der Waals surface area contributed by atoms with Crippen molar-refractivity contribution in [2.45, 2.75) is 10.1 Å². The molecule has 0 fully saturated rings. The summed E-state index contributed by atoms with van der Waals surface area (Å²) in [5.74, 6) is -3.24. The van der Waals surface area contributed by atoms with Gasteiger partial charge in [0.15, 0.2) is 0 Å². The van der Waals surface area contributed by atoms with Gasteiger partial charge in [0.1, 0.15) is 4.21 Å². The van der Waals surface area contributed by atoms with E-state index < -0.39 is 29.0 Å². The molecule has 1 aromatic heterocycles. The van der Waals surface area contributed by atoms with Crippen LogP contribution in [0.15, 0.2) is 20.1 Å². The van der Waals surface area contributed by atoms with Crippen molar-refractivity contribution in [3.8, 4) is 0 Å². The van der Waals surface area contributed by atoms with Crippen molar-refractivity contribution in [1.82, 2.24) is 4.72 Å². The van der Waals surface area contributed by atoms with Crippen LogP contribution in [0.1, 0.15) is 0 Å². The maximum absolute atomic E-state index is 12.8. The van der Waals surface area contributed by atoms with Gasteiger partial charge in [0.25, 0.3) is 15.9 Å². The third kappa shape index (κ3) is 4.76. The number of halogens is 4. The average Bonchev–Trinajstić information content (AvgIpc) is 2.63. The molecular weight excluding hydrogens is 362 g/mol. The van der Waals surface area contributed by atoms with Crippen molar-refractivity contribution >= 4 is 49.7 Å². The number of nitrogens with one attached hydrogen (secondary N) is 1. The first-order chi connectivity index (χ1) is 7.28. The number of sulfonamides is 1. The third-order valence-electron chi connectivity index (χ3n) is 1.65. The van der Waals surface area contributed by atoms with Crippen molar-refractivity contribution in [1.29, 1.82) is 0 Å².